The molecular formula is C23H21BrFN3O2. The fraction of sp³-hybridized carbons (Fsp3) is 0.174. The predicted molar refractivity (Wildman–Crippen MR) is 117 cm³/mol. The maximum Gasteiger partial charge on any atom is 0.295 e. The van der Waals surface area contributed by atoms with Crippen molar-refractivity contribution in [1.82, 2.24) is 14.7 Å². The number of carbonyl (C=O) groups is 2. The van der Waals surface area contributed by atoms with E-state index in [9.17, 15) is 14.0 Å². The smallest absolute Gasteiger partial charge is 0.295 e. The third-order valence-electron chi connectivity index (χ3n) is 4.72. The molecule has 2 aromatic carbocycles. The second kappa shape index (κ2) is 9.17. The van der Waals surface area contributed by atoms with Crippen LogP contribution < -0.4 is 0 Å². The van der Waals surface area contributed by atoms with Crippen molar-refractivity contribution in [3.63, 3.8) is 0 Å². The number of amides is 1. The standard InChI is InChI=1S/C23H21BrFN3O2/c1-4-12-27(14-17-13-18(24)10-11-20(17)25)23(30)22(29)21-15(2)26-28(16(21)3)19-8-6-5-7-9-19/h4-11,13H,1,12,14H2,2-3H3. The van der Waals surface area contributed by atoms with Crippen LogP contribution in [0.3, 0.4) is 0 Å². The van der Waals surface area contributed by atoms with Gasteiger partial charge in [-0.25, -0.2) is 9.07 Å². The van der Waals surface area contributed by atoms with E-state index in [0.717, 1.165) is 5.69 Å². The zero-order valence-corrected chi connectivity index (χ0v) is 18.3. The van der Waals surface area contributed by atoms with Gasteiger partial charge in [0, 0.05) is 23.1 Å². The molecule has 0 aliphatic rings. The topological polar surface area (TPSA) is 55.2 Å². The molecule has 7 heteroatoms. The van der Waals surface area contributed by atoms with Gasteiger partial charge in [0.1, 0.15) is 5.82 Å². The van der Waals surface area contributed by atoms with Crippen LogP contribution in [0.1, 0.15) is 27.3 Å². The molecule has 0 N–H and O–H groups in total. The number of nitrogens with zero attached hydrogens (tertiary/aromatic N) is 3. The molecule has 0 aliphatic heterocycles. The third-order valence-corrected chi connectivity index (χ3v) is 5.21. The van der Waals surface area contributed by atoms with Crippen LogP contribution in [0.15, 0.2) is 65.7 Å². The van der Waals surface area contributed by atoms with Crippen LogP contribution in [0.25, 0.3) is 5.69 Å². The number of halogens is 2. The number of benzene rings is 2. The van der Waals surface area contributed by atoms with Crippen molar-refractivity contribution >= 4 is 27.6 Å². The molecule has 0 aliphatic carbocycles. The van der Waals surface area contributed by atoms with Crippen LogP contribution >= 0.6 is 15.9 Å². The number of aromatic nitrogens is 2. The molecule has 0 spiro atoms. The van der Waals surface area contributed by atoms with Gasteiger partial charge in [0.2, 0.25) is 0 Å². The summed E-state index contributed by atoms with van der Waals surface area (Å²) in [5, 5.41) is 4.44. The van der Waals surface area contributed by atoms with Crippen molar-refractivity contribution in [3.8, 4) is 5.69 Å². The lowest BCUT2D eigenvalue weighted by Crippen LogP contribution is -2.37. The molecular weight excluding hydrogens is 449 g/mol. The number of carbonyl (C=O) groups excluding carboxylic acids is 2. The van der Waals surface area contributed by atoms with E-state index in [4.69, 9.17) is 0 Å². The molecule has 3 aromatic rings. The monoisotopic (exact) mass is 469 g/mol. The number of aryl methyl sites for hydroxylation is 1. The minimum atomic E-state index is -0.729. The SMILES string of the molecule is C=CCN(Cc1cc(Br)ccc1F)C(=O)C(=O)c1c(C)nn(-c2ccccc2)c1C. The van der Waals surface area contributed by atoms with Crippen LogP contribution in [0.2, 0.25) is 0 Å². The normalized spacial score (nSPS) is 10.7. The molecule has 0 unspecified atom stereocenters. The Kier molecular flexibility index (Phi) is 6.62. The summed E-state index contributed by atoms with van der Waals surface area (Å²) in [6.45, 7) is 7.16. The molecule has 0 saturated carbocycles. The lowest BCUT2D eigenvalue weighted by molar-refractivity contribution is -0.126. The summed E-state index contributed by atoms with van der Waals surface area (Å²) in [5.74, 6) is -1.85. The van der Waals surface area contributed by atoms with Crippen LogP contribution in [0.4, 0.5) is 4.39 Å². The molecule has 30 heavy (non-hydrogen) atoms. The average Bonchev–Trinajstić information content (AvgIpc) is 3.04. The molecule has 1 amide bonds. The molecule has 0 bridgehead atoms. The highest BCUT2D eigenvalue weighted by molar-refractivity contribution is 9.10. The fourth-order valence-corrected chi connectivity index (χ4v) is 3.70. The van der Waals surface area contributed by atoms with E-state index in [1.54, 1.807) is 30.7 Å². The van der Waals surface area contributed by atoms with Crippen molar-refractivity contribution in [3.05, 3.63) is 94.0 Å². The van der Waals surface area contributed by atoms with Gasteiger partial charge in [0.25, 0.3) is 11.7 Å². The lowest BCUT2D eigenvalue weighted by atomic mass is 10.1. The summed E-state index contributed by atoms with van der Waals surface area (Å²) < 4.78 is 16.5. The van der Waals surface area contributed by atoms with E-state index in [1.165, 1.54) is 17.0 Å². The van der Waals surface area contributed by atoms with E-state index in [-0.39, 0.29) is 18.7 Å². The highest BCUT2D eigenvalue weighted by Crippen LogP contribution is 2.21. The summed E-state index contributed by atoms with van der Waals surface area (Å²) in [6.07, 6.45) is 1.51. The first-order chi connectivity index (χ1) is 14.3. The van der Waals surface area contributed by atoms with E-state index in [0.29, 0.717) is 21.4 Å². The van der Waals surface area contributed by atoms with Gasteiger partial charge in [-0.1, -0.05) is 40.2 Å². The minimum Gasteiger partial charge on any atom is -0.328 e. The number of hydrogen-bond acceptors (Lipinski definition) is 3. The first-order valence-electron chi connectivity index (χ1n) is 9.33. The Morgan fingerprint density at radius 2 is 1.90 bits per heavy atom. The van der Waals surface area contributed by atoms with Crippen molar-refractivity contribution in [2.75, 3.05) is 6.54 Å². The van der Waals surface area contributed by atoms with Crippen LogP contribution in [0, 0.1) is 19.7 Å². The Bertz CT molecular complexity index is 1110. The first-order valence-corrected chi connectivity index (χ1v) is 10.1. The maximum atomic E-state index is 14.2. The van der Waals surface area contributed by atoms with Gasteiger partial charge in [0.05, 0.1) is 22.6 Å². The maximum absolute atomic E-state index is 14.2. The predicted octanol–water partition coefficient (Wildman–Crippen LogP) is 4.79. The Labute approximate surface area is 182 Å². The molecule has 154 valence electrons. The fourth-order valence-electron chi connectivity index (χ4n) is 3.29. The van der Waals surface area contributed by atoms with Crippen molar-refractivity contribution in [1.29, 1.82) is 0 Å². The van der Waals surface area contributed by atoms with Crippen molar-refractivity contribution in [2.45, 2.75) is 20.4 Å². The van der Waals surface area contributed by atoms with Crippen molar-refractivity contribution in [2.24, 2.45) is 0 Å². The highest BCUT2D eigenvalue weighted by Gasteiger charge is 2.29. The van der Waals surface area contributed by atoms with Gasteiger partial charge in [-0.15, -0.1) is 6.58 Å². The molecule has 5 nitrogen and oxygen atoms in total. The van der Waals surface area contributed by atoms with E-state index in [1.807, 2.05) is 30.3 Å². The number of Topliss-reactive ketones (excluding diaryl/α,β-unsaturated/α-hetero) is 1. The molecule has 0 atom stereocenters. The van der Waals surface area contributed by atoms with Crippen LogP contribution in [0.5, 0.6) is 0 Å². The second-order valence-electron chi connectivity index (χ2n) is 6.83. The van der Waals surface area contributed by atoms with E-state index in [2.05, 4.69) is 27.6 Å². The number of rotatable bonds is 7. The largest absolute Gasteiger partial charge is 0.328 e. The average molecular weight is 470 g/mol. The number of ketones is 1. The molecule has 0 saturated heterocycles. The summed E-state index contributed by atoms with van der Waals surface area (Å²) >= 11 is 3.30. The highest BCUT2D eigenvalue weighted by atomic mass is 79.9. The minimum absolute atomic E-state index is 0.0488. The second-order valence-corrected chi connectivity index (χ2v) is 7.75. The quantitative estimate of drug-likeness (QED) is 0.284. The van der Waals surface area contributed by atoms with Gasteiger partial charge in [-0.3, -0.25) is 9.59 Å². The molecule has 3 rings (SSSR count). The molecule has 1 heterocycles. The summed E-state index contributed by atoms with van der Waals surface area (Å²) in [4.78, 5) is 27.4. The summed E-state index contributed by atoms with van der Waals surface area (Å²) in [7, 11) is 0. The van der Waals surface area contributed by atoms with Gasteiger partial charge in [-0.05, 0) is 44.2 Å². The Morgan fingerprint density at radius 1 is 1.20 bits per heavy atom. The van der Waals surface area contributed by atoms with Gasteiger partial charge in [-0.2, -0.15) is 5.10 Å². The first kappa shape index (κ1) is 21.6. The zero-order valence-electron chi connectivity index (χ0n) is 16.7. The number of para-hydroxylation sites is 1. The molecule has 0 radical (unpaired) electrons. The summed E-state index contributed by atoms with van der Waals surface area (Å²) in [5.41, 5.74) is 2.39. The van der Waals surface area contributed by atoms with E-state index >= 15 is 0 Å². The Balaban J connectivity index is 1.93. The van der Waals surface area contributed by atoms with Gasteiger partial charge in [0.15, 0.2) is 0 Å². The van der Waals surface area contributed by atoms with Crippen LogP contribution in [-0.2, 0) is 11.3 Å². The zero-order chi connectivity index (χ0) is 21.8. The van der Waals surface area contributed by atoms with Gasteiger partial charge < -0.3 is 4.90 Å². The molecule has 0 fully saturated rings. The van der Waals surface area contributed by atoms with E-state index < -0.39 is 17.5 Å². The Hall–Kier alpha value is -3.06. The summed E-state index contributed by atoms with van der Waals surface area (Å²) in [6, 6.07) is 13.9. The van der Waals surface area contributed by atoms with Crippen molar-refractivity contribution < 1.29 is 14.0 Å². The third kappa shape index (κ3) is 4.41. The Morgan fingerprint density at radius 3 is 2.57 bits per heavy atom. The molecule has 1 aromatic heterocycles. The van der Waals surface area contributed by atoms with Crippen LogP contribution in [-0.4, -0.2) is 32.9 Å². The lowest BCUT2D eigenvalue weighted by Gasteiger charge is -2.21. The van der Waals surface area contributed by atoms with Gasteiger partial charge >= 0.3 is 0 Å². The number of hydrogen-bond donors (Lipinski definition) is 0.